The quantitative estimate of drug-likeness (QED) is 0.540. The lowest BCUT2D eigenvalue weighted by molar-refractivity contribution is 0.0671. The number of hydrogen-bond donors (Lipinski definition) is 0. The van der Waals surface area contributed by atoms with E-state index in [0.717, 1.165) is 3.57 Å². The molecule has 0 aromatic heterocycles. The summed E-state index contributed by atoms with van der Waals surface area (Å²) in [5.74, 6) is 1.63. The SMILES string of the molecule is FC(F)(C#Cc1ccccc1I)Cc1ccccc1. The Labute approximate surface area is 125 Å². The maximum atomic E-state index is 13.8. The van der Waals surface area contributed by atoms with E-state index in [-0.39, 0.29) is 6.42 Å². The normalized spacial score (nSPS) is 10.7. The van der Waals surface area contributed by atoms with Gasteiger partial charge in [0.15, 0.2) is 0 Å². The van der Waals surface area contributed by atoms with Gasteiger partial charge in [-0.05, 0) is 46.2 Å². The van der Waals surface area contributed by atoms with Crippen molar-refractivity contribution in [3.05, 3.63) is 69.3 Å². The number of hydrogen-bond acceptors (Lipinski definition) is 0. The van der Waals surface area contributed by atoms with E-state index in [1.54, 1.807) is 42.5 Å². The monoisotopic (exact) mass is 368 g/mol. The van der Waals surface area contributed by atoms with E-state index in [2.05, 4.69) is 34.4 Å². The Morgan fingerprint density at radius 1 is 0.947 bits per heavy atom. The van der Waals surface area contributed by atoms with Crippen LogP contribution in [-0.2, 0) is 6.42 Å². The van der Waals surface area contributed by atoms with Crippen molar-refractivity contribution in [2.75, 3.05) is 0 Å². The van der Waals surface area contributed by atoms with Crippen LogP contribution in [-0.4, -0.2) is 5.92 Å². The maximum absolute atomic E-state index is 13.8. The number of halogens is 3. The van der Waals surface area contributed by atoms with Crippen molar-refractivity contribution >= 4 is 22.6 Å². The lowest BCUT2D eigenvalue weighted by Crippen LogP contribution is -2.16. The first-order chi connectivity index (χ1) is 9.07. The van der Waals surface area contributed by atoms with Crippen LogP contribution in [0.5, 0.6) is 0 Å². The minimum atomic E-state index is -3.01. The molecule has 19 heavy (non-hydrogen) atoms. The van der Waals surface area contributed by atoms with Crippen molar-refractivity contribution < 1.29 is 8.78 Å². The van der Waals surface area contributed by atoms with Crippen molar-refractivity contribution in [2.24, 2.45) is 0 Å². The van der Waals surface area contributed by atoms with E-state index in [4.69, 9.17) is 0 Å². The van der Waals surface area contributed by atoms with Gasteiger partial charge in [-0.3, -0.25) is 0 Å². The van der Waals surface area contributed by atoms with Crippen LogP contribution in [0.3, 0.4) is 0 Å². The number of benzene rings is 2. The zero-order valence-electron chi connectivity index (χ0n) is 10.0. The second-order valence-electron chi connectivity index (χ2n) is 4.10. The van der Waals surface area contributed by atoms with Crippen LogP contribution in [0.25, 0.3) is 0 Å². The number of rotatable bonds is 2. The molecule has 0 aliphatic rings. The fourth-order valence-electron chi connectivity index (χ4n) is 1.62. The molecule has 2 rings (SSSR count). The molecular formula is C16H11F2I. The van der Waals surface area contributed by atoms with Crippen LogP contribution in [0.4, 0.5) is 8.78 Å². The summed E-state index contributed by atoms with van der Waals surface area (Å²) in [6.07, 6.45) is -0.357. The van der Waals surface area contributed by atoms with Crippen LogP contribution in [0.15, 0.2) is 54.6 Å². The minimum absolute atomic E-state index is 0.357. The summed E-state index contributed by atoms with van der Waals surface area (Å²) >= 11 is 2.09. The van der Waals surface area contributed by atoms with Gasteiger partial charge in [-0.2, -0.15) is 8.78 Å². The molecule has 3 heteroatoms. The predicted molar refractivity (Wildman–Crippen MR) is 81.1 cm³/mol. The van der Waals surface area contributed by atoms with Crippen molar-refractivity contribution in [1.29, 1.82) is 0 Å². The first-order valence-electron chi connectivity index (χ1n) is 5.76. The Hall–Kier alpha value is -1.41. The summed E-state index contributed by atoms with van der Waals surface area (Å²) in [5, 5.41) is 0. The molecular weight excluding hydrogens is 357 g/mol. The second kappa shape index (κ2) is 6.16. The predicted octanol–water partition coefficient (Wildman–Crippen LogP) is 4.52. The molecule has 0 aliphatic carbocycles. The molecule has 96 valence electrons. The van der Waals surface area contributed by atoms with Gasteiger partial charge in [-0.1, -0.05) is 48.4 Å². The van der Waals surface area contributed by atoms with Gasteiger partial charge in [0, 0.05) is 15.6 Å². The molecule has 0 saturated carbocycles. The Bertz CT molecular complexity index is 609. The Morgan fingerprint density at radius 3 is 2.26 bits per heavy atom. The van der Waals surface area contributed by atoms with Crippen LogP contribution < -0.4 is 0 Å². The molecule has 0 saturated heterocycles. The van der Waals surface area contributed by atoms with Gasteiger partial charge in [-0.25, -0.2) is 0 Å². The molecule has 0 radical (unpaired) electrons. The third kappa shape index (κ3) is 4.32. The Morgan fingerprint density at radius 2 is 1.58 bits per heavy atom. The maximum Gasteiger partial charge on any atom is 0.312 e. The van der Waals surface area contributed by atoms with Crippen LogP contribution in [0, 0.1) is 15.4 Å². The molecule has 0 spiro atoms. The van der Waals surface area contributed by atoms with E-state index >= 15 is 0 Å². The van der Waals surface area contributed by atoms with E-state index < -0.39 is 5.92 Å². The average molecular weight is 368 g/mol. The van der Waals surface area contributed by atoms with Crippen molar-refractivity contribution in [3.63, 3.8) is 0 Å². The highest BCUT2D eigenvalue weighted by molar-refractivity contribution is 14.1. The van der Waals surface area contributed by atoms with Crippen LogP contribution in [0.2, 0.25) is 0 Å². The molecule has 0 aliphatic heterocycles. The summed E-state index contributed by atoms with van der Waals surface area (Å²) in [5.41, 5.74) is 1.22. The third-order valence-electron chi connectivity index (χ3n) is 2.52. The molecule has 0 heterocycles. The summed E-state index contributed by atoms with van der Waals surface area (Å²) in [7, 11) is 0. The molecule has 0 unspecified atom stereocenters. The third-order valence-corrected chi connectivity index (χ3v) is 3.46. The molecule has 0 bridgehead atoms. The molecule has 0 atom stereocenters. The fraction of sp³-hybridized carbons (Fsp3) is 0.125. The zero-order chi connectivity index (χ0) is 13.7. The Kier molecular flexibility index (Phi) is 4.54. The zero-order valence-corrected chi connectivity index (χ0v) is 12.2. The summed E-state index contributed by atoms with van der Waals surface area (Å²) in [6.45, 7) is 0. The molecule has 0 fully saturated rings. The van der Waals surface area contributed by atoms with Crippen molar-refractivity contribution in [1.82, 2.24) is 0 Å². The first-order valence-corrected chi connectivity index (χ1v) is 6.84. The van der Waals surface area contributed by atoms with Gasteiger partial charge in [0.2, 0.25) is 0 Å². The van der Waals surface area contributed by atoms with Crippen LogP contribution in [0.1, 0.15) is 11.1 Å². The molecule has 2 aromatic carbocycles. The fourth-order valence-corrected chi connectivity index (χ4v) is 2.14. The highest BCUT2D eigenvalue weighted by Gasteiger charge is 2.26. The summed E-state index contributed by atoms with van der Waals surface area (Å²) < 4.78 is 28.4. The van der Waals surface area contributed by atoms with E-state index in [1.807, 2.05) is 12.1 Å². The highest BCUT2D eigenvalue weighted by atomic mass is 127. The molecule has 2 aromatic rings. The second-order valence-corrected chi connectivity index (χ2v) is 5.26. The van der Waals surface area contributed by atoms with E-state index in [0.29, 0.717) is 11.1 Å². The highest BCUT2D eigenvalue weighted by Crippen LogP contribution is 2.19. The van der Waals surface area contributed by atoms with Crippen molar-refractivity contribution in [3.8, 4) is 11.8 Å². The summed E-state index contributed by atoms with van der Waals surface area (Å²) in [4.78, 5) is 0. The molecule has 0 amide bonds. The van der Waals surface area contributed by atoms with Crippen LogP contribution >= 0.6 is 22.6 Å². The van der Waals surface area contributed by atoms with Gasteiger partial charge >= 0.3 is 5.92 Å². The van der Waals surface area contributed by atoms with E-state index in [9.17, 15) is 8.78 Å². The lowest BCUT2D eigenvalue weighted by Gasteiger charge is -2.08. The molecule has 0 N–H and O–H groups in total. The first kappa shape index (κ1) is 14.0. The minimum Gasteiger partial charge on any atom is -0.192 e. The van der Waals surface area contributed by atoms with Gasteiger partial charge in [0.25, 0.3) is 0 Å². The summed E-state index contributed by atoms with van der Waals surface area (Å²) in [6, 6.07) is 15.9. The lowest BCUT2D eigenvalue weighted by atomic mass is 10.1. The van der Waals surface area contributed by atoms with Gasteiger partial charge < -0.3 is 0 Å². The smallest absolute Gasteiger partial charge is 0.192 e. The van der Waals surface area contributed by atoms with Gasteiger partial charge in [-0.15, -0.1) is 0 Å². The van der Waals surface area contributed by atoms with E-state index in [1.165, 1.54) is 0 Å². The Balaban J connectivity index is 2.16. The average Bonchev–Trinajstić information content (AvgIpc) is 2.38. The number of alkyl halides is 2. The molecule has 0 nitrogen and oxygen atoms in total. The standard InChI is InChI=1S/C16H11F2I/c17-16(18,12-13-6-2-1-3-7-13)11-10-14-8-4-5-9-15(14)19/h1-9H,12H2. The van der Waals surface area contributed by atoms with Gasteiger partial charge in [0.05, 0.1) is 0 Å². The van der Waals surface area contributed by atoms with Crippen molar-refractivity contribution in [2.45, 2.75) is 12.3 Å². The largest absolute Gasteiger partial charge is 0.312 e. The van der Waals surface area contributed by atoms with Gasteiger partial charge in [0.1, 0.15) is 0 Å². The topological polar surface area (TPSA) is 0 Å².